The van der Waals surface area contributed by atoms with Crippen LogP contribution < -0.4 is 10.6 Å². The van der Waals surface area contributed by atoms with E-state index >= 15 is 0 Å². The van der Waals surface area contributed by atoms with Gasteiger partial charge >= 0.3 is 0 Å². The number of rotatable bonds is 4. The molecule has 0 saturated heterocycles. The summed E-state index contributed by atoms with van der Waals surface area (Å²) in [5, 5.41) is 7.96. The minimum absolute atomic E-state index is 0.116. The van der Waals surface area contributed by atoms with Gasteiger partial charge in [-0.25, -0.2) is 0 Å². The number of nitrogens with one attached hydrogen (secondary N) is 2. The van der Waals surface area contributed by atoms with Gasteiger partial charge in [0.25, 0.3) is 5.91 Å². The van der Waals surface area contributed by atoms with Crippen LogP contribution in [0, 0.1) is 23.2 Å². The molecule has 4 bridgehead atoms. The van der Waals surface area contributed by atoms with Crippen LogP contribution in [0.3, 0.4) is 0 Å². The molecule has 4 fully saturated rings. The third-order valence-electron chi connectivity index (χ3n) is 6.64. The van der Waals surface area contributed by atoms with Crippen LogP contribution in [0.5, 0.6) is 0 Å². The van der Waals surface area contributed by atoms with Crippen molar-refractivity contribution in [3.8, 4) is 0 Å². The summed E-state index contributed by atoms with van der Waals surface area (Å²) in [5.74, 6) is 2.31. The molecule has 1 heterocycles. The Bertz CT molecular complexity index is 839. The second-order valence-electron chi connectivity index (χ2n) is 8.66. The van der Waals surface area contributed by atoms with Crippen LogP contribution in [0.4, 0.5) is 11.4 Å². The van der Waals surface area contributed by atoms with Gasteiger partial charge in [-0.2, -0.15) is 0 Å². The van der Waals surface area contributed by atoms with Crippen molar-refractivity contribution in [2.24, 2.45) is 23.2 Å². The van der Waals surface area contributed by atoms with Crippen LogP contribution >= 0.6 is 11.3 Å². The monoisotopic (exact) mass is 380 g/mol. The van der Waals surface area contributed by atoms with Gasteiger partial charge in [0.05, 0.1) is 10.3 Å². The lowest BCUT2D eigenvalue weighted by Crippen LogP contribution is -2.51. The van der Waals surface area contributed by atoms with Gasteiger partial charge < -0.3 is 10.6 Å². The van der Waals surface area contributed by atoms with E-state index < -0.39 is 0 Å². The van der Waals surface area contributed by atoms with E-state index in [2.05, 4.69) is 10.6 Å². The summed E-state index contributed by atoms with van der Waals surface area (Å²) in [6, 6.07) is 11.1. The Morgan fingerprint density at radius 2 is 1.52 bits per heavy atom. The van der Waals surface area contributed by atoms with Gasteiger partial charge in [0.1, 0.15) is 0 Å². The Balaban J connectivity index is 1.30. The Morgan fingerprint density at radius 3 is 2.11 bits per heavy atom. The first-order chi connectivity index (χ1) is 13.1. The van der Waals surface area contributed by atoms with Gasteiger partial charge in [-0.05, 0) is 85.9 Å². The normalized spacial score (nSPS) is 30.9. The van der Waals surface area contributed by atoms with E-state index in [0.717, 1.165) is 42.7 Å². The smallest absolute Gasteiger partial charge is 0.265 e. The standard InChI is InChI=1S/C22H24N2O2S/c25-20(19-5-2-6-27-19)23-17-3-1-4-18(10-17)24-21(26)22-11-14-7-15(12-22)9-16(8-14)13-22/h1-6,10,14-16H,7-9,11-13H2,(H,23,25)(H,24,26). The molecule has 4 nitrogen and oxygen atoms in total. The molecule has 2 N–H and O–H groups in total. The summed E-state index contributed by atoms with van der Waals surface area (Å²) >= 11 is 1.42. The Kier molecular flexibility index (Phi) is 4.08. The molecule has 27 heavy (non-hydrogen) atoms. The van der Waals surface area contributed by atoms with Crippen LogP contribution in [0.2, 0.25) is 0 Å². The van der Waals surface area contributed by atoms with Crippen LogP contribution in [0.1, 0.15) is 48.2 Å². The third-order valence-corrected chi connectivity index (χ3v) is 7.51. The summed E-state index contributed by atoms with van der Waals surface area (Å²) in [7, 11) is 0. The minimum Gasteiger partial charge on any atom is -0.326 e. The number of amides is 2. The summed E-state index contributed by atoms with van der Waals surface area (Å²) < 4.78 is 0. The lowest BCUT2D eigenvalue weighted by atomic mass is 9.49. The van der Waals surface area contributed by atoms with Crippen molar-refractivity contribution in [2.45, 2.75) is 38.5 Å². The fourth-order valence-electron chi connectivity index (χ4n) is 5.93. The number of carbonyl (C=O) groups is 2. The molecule has 0 aliphatic heterocycles. The average Bonchev–Trinajstić information content (AvgIpc) is 3.15. The molecule has 0 unspecified atom stereocenters. The maximum absolute atomic E-state index is 13.2. The largest absolute Gasteiger partial charge is 0.326 e. The Morgan fingerprint density at radius 1 is 0.889 bits per heavy atom. The predicted molar refractivity (Wildman–Crippen MR) is 108 cm³/mol. The van der Waals surface area contributed by atoms with E-state index in [1.165, 1.54) is 30.6 Å². The fourth-order valence-corrected chi connectivity index (χ4v) is 6.55. The van der Waals surface area contributed by atoms with E-state index in [9.17, 15) is 9.59 Å². The van der Waals surface area contributed by atoms with Gasteiger partial charge in [0.15, 0.2) is 0 Å². The quantitative estimate of drug-likeness (QED) is 0.770. The van der Waals surface area contributed by atoms with Crippen molar-refractivity contribution in [1.29, 1.82) is 0 Å². The van der Waals surface area contributed by atoms with Crippen molar-refractivity contribution in [3.05, 3.63) is 46.7 Å². The highest BCUT2D eigenvalue weighted by Crippen LogP contribution is 2.60. The molecule has 2 aromatic rings. The maximum atomic E-state index is 13.2. The second-order valence-corrected chi connectivity index (χ2v) is 9.61. The van der Waals surface area contributed by atoms with Crippen LogP contribution in [-0.4, -0.2) is 11.8 Å². The van der Waals surface area contributed by atoms with Crippen molar-refractivity contribution < 1.29 is 9.59 Å². The molecule has 1 aromatic heterocycles. The molecule has 5 heteroatoms. The van der Waals surface area contributed by atoms with Gasteiger partial charge in [0.2, 0.25) is 5.91 Å². The molecule has 0 radical (unpaired) electrons. The Hall–Kier alpha value is -2.14. The predicted octanol–water partition coefficient (Wildman–Crippen LogP) is 5.16. The fraction of sp³-hybridized carbons (Fsp3) is 0.455. The SMILES string of the molecule is O=C(Nc1cccc(NC(=O)C23CC4CC(CC(C4)C2)C3)c1)c1cccs1. The zero-order valence-corrected chi connectivity index (χ0v) is 16.1. The van der Waals surface area contributed by atoms with Gasteiger partial charge in [0, 0.05) is 11.4 Å². The molecule has 0 atom stereocenters. The molecule has 2 amide bonds. The number of thiophene rings is 1. The number of carbonyl (C=O) groups excluding carboxylic acids is 2. The molecule has 6 rings (SSSR count). The van der Waals surface area contributed by atoms with Crippen molar-refractivity contribution in [1.82, 2.24) is 0 Å². The van der Waals surface area contributed by atoms with Crippen LogP contribution in [0.15, 0.2) is 41.8 Å². The molecular weight excluding hydrogens is 356 g/mol. The van der Waals surface area contributed by atoms with E-state index in [0.29, 0.717) is 10.6 Å². The first-order valence-corrected chi connectivity index (χ1v) is 10.7. The topological polar surface area (TPSA) is 58.2 Å². The highest BCUT2D eigenvalue weighted by atomic mass is 32.1. The second kappa shape index (κ2) is 6.48. The summed E-state index contributed by atoms with van der Waals surface area (Å²) in [6.45, 7) is 0. The molecule has 140 valence electrons. The van der Waals surface area contributed by atoms with Crippen molar-refractivity contribution in [2.75, 3.05) is 10.6 Å². The lowest BCUT2D eigenvalue weighted by molar-refractivity contribution is -0.140. The third kappa shape index (κ3) is 3.18. The maximum Gasteiger partial charge on any atom is 0.265 e. The van der Waals surface area contributed by atoms with E-state index in [1.54, 1.807) is 6.07 Å². The molecule has 1 aromatic carbocycles. The first-order valence-electron chi connectivity index (χ1n) is 9.86. The number of hydrogen-bond donors (Lipinski definition) is 2. The number of benzene rings is 1. The number of anilines is 2. The summed E-state index contributed by atoms with van der Waals surface area (Å²) in [4.78, 5) is 26.1. The van der Waals surface area contributed by atoms with E-state index in [4.69, 9.17) is 0 Å². The zero-order valence-electron chi connectivity index (χ0n) is 15.2. The van der Waals surface area contributed by atoms with Gasteiger partial charge in [-0.15, -0.1) is 11.3 Å². The molecule has 4 aliphatic carbocycles. The first kappa shape index (κ1) is 17.0. The van der Waals surface area contributed by atoms with Gasteiger partial charge in [-0.3, -0.25) is 9.59 Å². The Labute approximate surface area is 163 Å². The number of hydrogen-bond acceptors (Lipinski definition) is 3. The molecular formula is C22H24N2O2S. The highest BCUT2D eigenvalue weighted by Gasteiger charge is 2.54. The highest BCUT2D eigenvalue weighted by molar-refractivity contribution is 7.12. The summed E-state index contributed by atoms with van der Waals surface area (Å²) in [5.41, 5.74) is 1.31. The molecule has 4 aliphatic rings. The summed E-state index contributed by atoms with van der Waals surface area (Å²) in [6.07, 6.45) is 7.16. The molecule has 0 spiro atoms. The average molecular weight is 381 g/mol. The van der Waals surface area contributed by atoms with Crippen LogP contribution in [-0.2, 0) is 4.79 Å². The van der Waals surface area contributed by atoms with Crippen molar-refractivity contribution in [3.63, 3.8) is 0 Å². The van der Waals surface area contributed by atoms with Crippen LogP contribution in [0.25, 0.3) is 0 Å². The minimum atomic E-state index is -0.162. The molecule has 4 saturated carbocycles. The van der Waals surface area contributed by atoms with E-state index in [1.807, 2.05) is 35.7 Å². The lowest BCUT2D eigenvalue weighted by Gasteiger charge is -2.55. The van der Waals surface area contributed by atoms with Crippen molar-refractivity contribution >= 4 is 34.5 Å². The van der Waals surface area contributed by atoms with Gasteiger partial charge in [-0.1, -0.05) is 12.1 Å². The zero-order chi connectivity index (χ0) is 18.4. The van der Waals surface area contributed by atoms with E-state index in [-0.39, 0.29) is 17.2 Å².